The summed E-state index contributed by atoms with van der Waals surface area (Å²) in [6.45, 7) is 1.80. The maximum Gasteiger partial charge on any atom is 0.128 e. The van der Waals surface area contributed by atoms with Crippen LogP contribution in [-0.2, 0) is 0 Å². The Morgan fingerprint density at radius 1 is 1.57 bits per heavy atom. The van der Waals surface area contributed by atoms with Crippen LogP contribution in [0.15, 0.2) is 22.8 Å². The fourth-order valence-corrected chi connectivity index (χ4v) is 2.15. The van der Waals surface area contributed by atoms with Gasteiger partial charge in [-0.05, 0) is 40.9 Å². The Morgan fingerprint density at radius 2 is 2.43 bits per heavy atom. The van der Waals surface area contributed by atoms with Gasteiger partial charge in [0.2, 0.25) is 0 Å². The van der Waals surface area contributed by atoms with Crippen LogP contribution in [0, 0.1) is 0 Å². The van der Waals surface area contributed by atoms with Crippen molar-refractivity contribution >= 4 is 21.7 Å². The molecule has 0 aromatic carbocycles. The van der Waals surface area contributed by atoms with Crippen LogP contribution in [0.3, 0.4) is 0 Å². The van der Waals surface area contributed by atoms with Crippen molar-refractivity contribution in [2.24, 2.45) is 5.73 Å². The number of nitrogens with zero attached hydrogens (tertiary/aromatic N) is 2. The molecular formula is C10H14BrN3. The minimum Gasteiger partial charge on any atom is -0.352 e. The molecule has 2 rings (SSSR count). The second-order valence-electron chi connectivity index (χ2n) is 3.56. The lowest BCUT2D eigenvalue weighted by atomic mass is 10.2. The molecule has 0 amide bonds. The molecule has 2 N–H and O–H groups in total. The van der Waals surface area contributed by atoms with Crippen molar-refractivity contribution in [3.05, 3.63) is 22.8 Å². The summed E-state index contributed by atoms with van der Waals surface area (Å²) in [5.74, 6) is 1.04. The van der Waals surface area contributed by atoms with Gasteiger partial charge in [-0.3, -0.25) is 0 Å². The summed E-state index contributed by atoms with van der Waals surface area (Å²) in [6.07, 6.45) is 4.25. The fraction of sp³-hybridized carbons (Fsp3) is 0.500. The molecule has 0 spiro atoms. The summed E-state index contributed by atoms with van der Waals surface area (Å²) in [6, 6.07) is 4.54. The molecule has 1 aromatic heterocycles. The van der Waals surface area contributed by atoms with Gasteiger partial charge in [-0.2, -0.15) is 0 Å². The van der Waals surface area contributed by atoms with Crippen LogP contribution in [0.5, 0.6) is 0 Å². The number of aromatic nitrogens is 1. The molecule has 14 heavy (non-hydrogen) atoms. The molecular weight excluding hydrogens is 242 g/mol. The lowest BCUT2D eigenvalue weighted by molar-refractivity contribution is 0.671. The molecule has 2 heterocycles. The largest absolute Gasteiger partial charge is 0.352 e. The fourth-order valence-electron chi connectivity index (χ4n) is 1.92. The van der Waals surface area contributed by atoms with Crippen molar-refractivity contribution in [2.45, 2.75) is 18.9 Å². The molecule has 1 aliphatic heterocycles. The molecule has 1 saturated heterocycles. The summed E-state index contributed by atoms with van der Waals surface area (Å²) in [5.41, 5.74) is 5.71. The van der Waals surface area contributed by atoms with Gasteiger partial charge in [0.1, 0.15) is 5.82 Å². The van der Waals surface area contributed by atoms with Crippen LogP contribution in [-0.4, -0.2) is 24.1 Å². The highest BCUT2D eigenvalue weighted by Crippen LogP contribution is 2.23. The van der Waals surface area contributed by atoms with Gasteiger partial charge in [-0.1, -0.05) is 0 Å². The third-order valence-corrected chi connectivity index (χ3v) is 3.12. The summed E-state index contributed by atoms with van der Waals surface area (Å²) in [7, 11) is 0. The quantitative estimate of drug-likeness (QED) is 0.876. The molecule has 0 radical (unpaired) electrons. The molecule has 0 bridgehead atoms. The van der Waals surface area contributed by atoms with Crippen LogP contribution in [0.25, 0.3) is 0 Å². The molecule has 4 heteroatoms. The van der Waals surface area contributed by atoms with E-state index in [4.69, 9.17) is 5.73 Å². The van der Waals surface area contributed by atoms with Crippen LogP contribution in [0.2, 0.25) is 0 Å². The van der Waals surface area contributed by atoms with E-state index in [0.717, 1.165) is 23.4 Å². The average molecular weight is 256 g/mol. The average Bonchev–Trinajstić information content (AvgIpc) is 2.67. The molecule has 3 nitrogen and oxygen atoms in total. The van der Waals surface area contributed by atoms with Gasteiger partial charge in [0.05, 0.1) is 0 Å². The van der Waals surface area contributed by atoms with Gasteiger partial charge in [-0.15, -0.1) is 0 Å². The number of halogens is 1. The first-order valence-electron chi connectivity index (χ1n) is 4.89. The standard InChI is InChI=1S/C10H14BrN3/c11-8-3-4-10(13-7-8)14-5-1-2-9(14)6-12/h3-4,7,9H,1-2,5-6,12H2/t9-/m1/s1. The molecule has 1 atom stereocenters. The Labute approximate surface area is 92.4 Å². The second kappa shape index (κ2) is 4.28. The van der Waals surface area contributed by atoms with Crippen molar-refractivity contribution in [2.75, 3.05) is 18.0 Å². The molecule has 1 fully saturated rings. The third kappa shape index (κ3) is 1.91. The minimum atomic E-state index is 0.476. The maximum absolute atomic E-state index is 5.71. The van der Waals surface area contributed by atoms with E-state index in [1.54, 1.807) is 0 Å². The van der Waals surface area contributed by atoms with Crippen molar-refractivity contribution in [1.82, 2.24) is 4.98 Å². The zero-order valence-corrected chi connectivity index (χ0v) is 9.57. The zero-order chi connectivity index (χ0) is 9.97. The number of hydrogen-bond acceptors (Lipinski definition) is 3. The van der Waals surface area contributed by atoms with E-state index in [1.165, 1.54) is 12.8 Å². The van der Waals surface area contributed by atoms with Crippen LogP contribution in [0.4, 0.5) is 5.82 Å². The Balaban J connectivity index is 2.17. The number of pyridine rings is 1. The van der Waals surface area contributed by atoms with Crippen molar-refractivity contribution < 1.29 is 0 Å². The summed E-state index contributed by atoms with van der Waals surface area (Å²) < 4.78 is 1.02. The highest BCUT2D eigenvalue weighted by atomic mass is 79.9. The SMILES string of the molecule is NC[C@H]1CCCN1c1ccc(Br)cn1. The highest BCUT2D eigenvalue weighted by molar-refractivity contribution is 9.10. The lowest BCUT2D eigenvalue weighted by Crippen LogP contribution is -2.35. The predicted molar refractivity (Wildman–Crippen MR) is 61.4 cm³/mol. The summed E-state index contributed by atoms with van der Waals surface area (Å²) in [5, 5.41) is 0. The van der Waals surface area contributed by atoms with Gasteiger partial charge in [-0.25, -0.2) is 4.98 Å². The Hall–Kier alpha value is -0.610. The third-order valence-electron chi connectivity index (χ3n) is 2.66. The van der Waals surface area contributed by atoms with Gasteiger partial charge in [0.25, 0.3) is 0 Å². The Bertz CT molecular complexity index is 299. The molecule has 0 unspecified atom stereocenters. The van der Waals surface area contributed by atoms with E-state index in [2.05, 4.69) is 25.8 Å². The molecule has 1 aliphatic rings. The van der Waals surface area contributed by atoms with E-state index in [0.29, 0.717) is 6.04 Å². The van der Waals surface area contributed by atoms with E-state index >= 15 is 0 Å². The number of nitrogens with two attached hydrogens (primary N) is 1. The number of anilines is 1. The predicted octanol–water partition coefficient (Wildman–Crippen LogP) is 1.77. The molecule has 1 aromatic rings. The van der Waals surface area contributed by atoms with Gasteiger partial charge < -0.3 is 10.6 Å². The van der Waals surface area contributed by atoms with E-state index < -0.39 is 0 Å². The smallest absolute Gasteiger partial charge is 0.128 e. The molecule has 0 saturated carbocycles. The highest BCUT2D eigenvalue weighted by Gasteiger charge is 2.23. The Morgan fingerprint density at radius 3 is 3.07 bits per heavy atom. The zero-order valence-electron chi connectivity index (χ0n) is 7.99. The van der Waals surface area contributed by atoms with E-state index in [9.17, 15) is 0 Å². The van der Waals surface area contributed by atoms with Crippen LogP contribution in [0.1, 0.15) is 12.8 Å². The summed E-state index contributed by atoms with van der Waals surface area (Å²) in [4.78, 5) is 6.68. The first-order chi connectivity index (χ1) is 6.81. The normalized spacial score (nSPS) is 21.6. The minimum absolute atomic E-state index is 0.476. The van der Waals surface area contributed by atoms with Crippen molar-refractivity contribution in [1.29, 1.82) is 0 Å². The van der Waals surface area contributed by atoms with E-state index in [-0.39, 0.29) is 0 Å². The second-order valence-corrected chi connectivity index (χ2v) is 4.48. The molecule has 0 aliphatic carbocycles. The maximum atomic E-state index is 5.71. The first-order valence-corrected chi connectivity index (χ1v) is 5.69. The van der Waals surface area contributed by atoms with Gasteiger partial charge in [0.15, 0.2) is 0 Å². The van der Waals surface area contributed by atoms with Gasteiger partial charge in [0, 0.05) is 29.8 Å². The van der Waals surface area contributed by atoms with Crippen molar-refractivity contribution in [3.63, 3.8) is 0 Å². The van der Waals surface area contributed by atoms with Crippen LogP contribution < -0.4 is 10.6 Å². The number of rotatable bonds is 2. The Kier molecular flexibility index (Phi) is 3.03. The first kappa shape index (κ1) is 9.93. The topological polar surface area (TPSA) is 42.1 Å². The van der Waals surface area contributed by atoms with E-state index in [1.807, 2.05) is 18.3 Å². The summed E-state index contributed by atoms with van der Waals surface area (Å²) >= 11 is 3.38. The van der Waals surface area contributed by atoms with Gasteiger partial charge >= 0.3 is 0 Å². The lowest BCUT2D eigenvalue weighted by Gasteiger charge is -2.24. The van der Waals surface area contributed by atoms with Crippen molar-refractivity contribution in [3.8, 4) is 0 Å². The van der Waals surface area contributed by atoms with Crippen LogP contribution >= 0.6 is 15.9 Å². The number of hydrogen-bond donors (Lipinski definition) is 1. The monoisotopic (exact) mass is 255 g/mol. The molecule has 76 valence electrons.